The van der Waals surface area contributed by atoms with Crippen LogP contribution in [0.2, 0.25) is 0 Å². The highest BCUT2D eigenvalue weighted by Gasteiger charge is 2.12. The summed E-state index contributed by atoms with van der Waals surface area (Å²) in [6.45, 7) is 1.08. The van der Waals surface area contributed by atoms with Crippen molar-refractivity contribution in [3.05, 3.63) is 78.1 Å². The second-order valence-electron chi connectivity index (χ2n) is 5.43. The third-order valence-electron chi connectivity index (χ3n) is 3.76. The van der Waals surface area contributed by atoms with E-state index in [0.29, 0.717) is 19.0 Å². The average molecular weight is 322 g/mol. The predicted molar refractivity (Wildman–Crippen MR) is 89.1 cm³/mol. The number of fused-ring (bicyclic) bond motifs is 1. The van der Waals surface area contributed by atoms with Gasteiger partial charge in [0.15, 0.2) is 5.65 Å². The summed E-state index contributed by atoms with van der Waals surface area (Å²) >= 11 is 0. The van der Waals surface area contributed by atoms with E-state index in [1.165, 1.54) is 12.1 Å². The van der Waals surface area contributed by atoms with Gasteiger partial charge in [-0.2, -0.15) is 0 Å². The standard InChI is InChI=1S/C18H15FN4O/c19-14-7-5-13(6-8-14)12-23-17-16(4-1-9-20-17)22-18(23)21-11-15-3-2-10-24-15/h1-10H,11-12H2,(H,21,22). The van der Waals surface area contributed by atoms with E-state index < -0.39 is 0 Å². The molecule has 0 atom stereocenters. The minimum atomic E-state index is -0.247. The third-order valence-corrected chi connectivity index (χ3v) is 3.76. The molecule has 0 aliphatic rings. The average Bonchev–Trinajstić information content (AvgIpc) is 3.23. The SMILES string of the molecule is Fc1ccc(Cn2c(NCc3ccco3)nc3cccnc32)cc1. The summed E-state index contributed by atoms with van der Waals surface area (Å²) in [5.41, 5.74) is 2.56. The Bertz CT molecular complexity index is 945. The van der Waals surface area contributed by atoms with Crippen LogP contribution in [0.4, 0.5) is 10.3 Å². The summed E-state index contributed by atoms with van der Waals surface area (Å²) in [6, 6.07) is 14.0. The molecule has 4 rings (SSSR count). The molecule has 3 heterocycles. The van der Waals surface area contributed by atoms with Crippen molar-refractivity contribution >= 4 is 17.1 Å². The minimum absolute atomic E-state index is 0.247. The van der Waals surface area contributed by atoms with Crippen LogP contribution in [0, 0.1) is 5.82 Å². The van der Waals surface area contributed by atoms with E-state index in [-0.39, 0.29) is 5.82 Å². The van der Waals surface area contributed by atoms with E-state index >= 15 is 0 Å². The van der Waals surface area contributed by atoms with Gasteiger partial charge >= 0.3 is 0 Å². The summed E-state index contributed by atoms with van der Waals surface area (Å²) in [5.74, 6) is 1.27. The molecule has 1 N–H and O–H groups in total. The fourth-order valence-electron chi connectivity index (χ4n) is 2.59. The number of benzene rings is 1. The maximum absolute atomic E-state index is 13.1. The summed E-state index contributed by atoms with van der Waals surface area (Å²) < 4.78 is 20.4. The smallest absolute Gasteiger partial charge is 0.205 e. The number of halogens is 1. The zero-order valence-electron chi connectivity index (χ0n) is 12.8. The van der Waals surface area contributed by atoms with Crippen LogP contribution in [-0.4, -0.2) is 14.5 Å². The number of pyridine rings is 1. The van der Waals surface area contributed by atoms with Gasteiger partial charge in [-0.25, -0.2) is 14.4 Å². The van der Waals surface area contributed by atoms with Crippen LogP contribution in [0.15, 0.2) is 65.4 Å². The molecule has 0 unspecified atom stereocenters. The number of imidazole rings is 1. The summed E-state index contributed by atoms with van der Waals surface area (Å²) in [5, 5.41) is 3.28. The first-order valence-corrected chi connectivity index (χ1v) is 7.61. The van der Waals surface area contributed by atoms with Gasteiger partial charge in [0.25, 0.3) is 0 Å². The molecule has 0 bridgehead atoms. The lowest BCUT2D eigenvalue weighted by Gasteiger charge is -2.10. The lowest BCUT2D eigenvalue weighted by atomic mass is 10.2. The molecule has 6 heteroatoms. The summed E-state index contributed by atoms with van der Waals surface area (Å²) in [4.78, 5) is 9.02. The van der Waals surface area contributed by atoms with Crippen molar-refractivity contribution < 1.29 is 8.81 Å². The Morgan fingerprint density at radius 3 is 2.75 bits per heavy atom. The Morgan fingerprint density at radius 1 is 1.08 bits per heavy atom. The van der Waals surface area contributed by atoms with Gasteiger partial charge in [0.1, 0.15) is 17.1 Å². The van der Waals surface area contributed by atoms with Crippen LogP contribution >= 0.6 is 0 Å². The summed E-state index contributed by atoms with van der Waals surface area (Å²) in [6.07, 6.45) is 3.38. The summed E-state index contributed by atoms with van der Waals surface area (Å²) in [7, 11) is 0. The Hall–Kier alpha value is -3.15. The zero-order valence-corrected chi connectivity index (χ0v) is 12.8. The maximum atomic E-state index is 13.1. The molecule has 3 aromatic heterocycles. The Labute approximate surface area is 137 Å². The highest BCUT2D eigenvalue weighted by atomic mass is 19.1. The van der Waals surface area contributed by atoms with Gasteiger partial charge in [-0.1, -0.05) is 12.1 Å². The van der Waals surface area contributed by atoms with E-state index in [1.807, 2.05) is 28.8 Å². The van der Waals surface area contributed by atoms with Crippen molar-refractivity contribution in [2.24, 2.45) is 0 Å². The maximum Gasteiger partial charge on any atom is 0.205 e. The van der Waals surface area contributed by atoms with Gasteiger partial charge in [0.05, 0.1) is 19.4 Å². The Kier molecular flexibility index (Phi) is 3.70. The first-order chi connectivity index (χ1) is 11.8. The fourth-order valence-corrected chi connectivity index (χ4v) is 2.59. The molecule has 0 fully saturated rings. The molecular weight excluding hydrogens is 307 g/mol. The number of anilines is 1. The normalized spacial score (nSPS) is 11.0. The molecule has 24 heavy (non-hydrogen) atoms. The number of rotatable bonds is 5. The first-order valence-electron chi connectivity index (χ1n) is 7.61. The molecule has 0 radical (unpaired) electrons. The van der Waals surface area contributed by atoms with Crippen LogP contribution in [0.1, 0.15) is 11.3 Å². The molecule has 0 spiro atoms. The predicted octanol–water partition coefficient (Wildman–Crippen LogP) is 3.82. The third kappa shape index (κ3) is 2.86. The van der Waals surface area contributed by atoms with Crippen molar-refractivity contribution in [3.63, 3.8) is 0 Å². The van der Waals surface area contributed by atoms with Gasteiger partial charge in [-0.15, -0.1) is 0 Å². The molecule has 0 amide bonds. The number of hydrogen-bond donors (Lipinski definition) is 1. The van der Waals surface area contributed by atoms with Crippen LogP contribution in [0.5, 0.6) is 0 Å². The molecule has 0 saturated heterocycles. The van der Waals surface area contributed by atoms with Gasteiger partial charge < -0.3 is 9.73 Å². The van der Waals surface area contributed by atoms with E-state index in [2.05, 4.69) is 15.3 Å². The van der Waals surface area contributed by atoms with Crippen LogP contribution in [0.3, 0.4) is 0 Å². The van der Waals surface area contributed by atoms with E-state index in [0.717, 1.165) is 22.5 Å². The van der Waals surface area contributed by atoms with Crippen molar-refractivity contribution in [1.82, 2.24) is 14.5 Å². The van der Waals surface area contributed by atoms with Gasteiger partial charge in [0, 0.05) is 6.20 Å². The van der Waals surface area contributed by atoms with Gasteiger partial charge in [-0.05, 0) is 42.0 Å². The van der Waals surface area contributed by atoms with E-state index in [9.17, 15) is 4.39 Å². The fraction of sp³-hybridized carbons (Fsp3) is 0.111. The van der Waals surface area contributed by atoms with E-state index in [4.69, 9.17) is 4.42 Å². The molecule has 1 aromatic carbocycles. The number of furan rings is 1. The molecule has 0 aliphatic heterocycles. The lowest BCUT2D eigenvalue weighted by Crippen LogP contribution is -2.08. The molecule has 120 valence electrons. The van der Waals surface area contributed by atoms with Crippen molar-refractivity contribution in [2.45, 2.75) is 13.1 Å². The van der Waals surface area contributed by atoms with Crippen LogP contribution < -0.4 is 5.32 Å². The number of nitrogens with zero attached hydrogens (tertiary/aromatic N) is 3. The molecule has 5 nitrogen and oxygen atoms in total. The van der Waals surface area contributed by atoms with Crippen molar-refractivity contribution in [1.29, 1.82) is 0 Å². The monoisotopic (exact) mass is 322 g/mol. The van der Waals surface area contributed by atoms with Crippen LogP contribution in [0.25, 0.3) is 11.2 Å². The zero-order chi connectivity index (χ0) is 16.4. The van der Waals surface area contributed by atoms with Gasteiger partial charge in [0.2, 0.25) is 5.95 Å². The first kappa shape index (κ1) is 14.4. The lowest BCUT2D eigenvalue weighted by molar-refractivity contribution is 0.517. The molecule has 0 saturated carbocycles. The van der Waals surface area contributed by atoms with E-state index in [1.54, 1.807) is 24.6 Å². The Balaban J connectivity index is 1.68. The highest BCUT2D eigenvalue weighted by molar-refractivity contribution is 5.74. The second kappa shape index (κ2) is 6.16. The number of aromatic nitrogens is 3. The minimum Gasteiger partial charge on any atom is -0.467 e. The Morgan fingerprint density at radius 2 is 1.96 bits per heavy atom. The van der Waals surface area contributed by atoms with Crippen molar-refractivity contribution in [3.8, 4) is 0 Å². The largest absolute Gasteiger partial charge is 0.467 e. The quantitative estimate of drug-likeness (QED) is 0.607. The molecule has 4 aromatic rings. The molecule has 0 aliphatic carbocycles. The van der Waals surface area contributed by atoms with Gasteiger partial charge in [-0.3, -0.25) is 4.57 Å². The second-order valence-corrected chi connectivity index (χ2v) is 5.43. The number of nitrogens with one attached hydrogen (secondary N) is 1. The van der Waals surface area contributed by atoms with Crippen molar-refractivity contribution in [2.75, 3.05) is 5.32 Å². The number of hydrogen-bond acceptors (Lipinski definition) is 4. The molecular formula is C18H15FN4O. The topological polar surface area (TPSA) is 55.9 Å². The van der Waals surface area contributed by atoms with Crippen LogP contribution in [-0.2, 0) is 13.1 Å². The highest BCUT2D eigenvalue weighted by Crippen LogP contribution is 2.20.